The molecule has 0 unspecified atom stereocenters. The summed E-state index contributed by atoms with van der Waals surface area (Å²) in [5.74, 6) is 2.04. The van der Waals surface area contributed by atoms with Crippen molar-refractivity contribution in [3.05, 3.63) is 52.2 Å². The van der Waals surface area contributed by atoms with Gasteiger partial charge >= 0.3 is 0 Å². The van der Waals surface area contributed by atoms with Gasteiger partial charge in [-0.1, -0.05) is 6.07 Å². The molecule has 1 heterocycles. The molecular weight excluding hydrogens is 256 g/mol. The van der Waals surface area contributed by atoms with Crippen LogP contribution in [0.3, 0.4) is 0 Å². The van der Waals surface area contributed by atoms with Crippen molar-refractivity contribution in [2.24, 2.45) is 0 Å². The molecule has 0 aliphatic heterocycles. The van der Waals surface area contributed by atoms with Crippen molar-refractivity contribution in [2.75, 3.05) is 7.11 Å². The lowest BCUT2D eigenvalue weighted by atomic mass is 10.3. The highest BCUT2D eigenvalue weighted by molar-refractivity contribution is 5.32. The zero-order valence-electron chi connectivity index (χ0n) is 11.9. The molecule has 5 heteroatoms. The summed E-state index contributed by atoms with van der Waals surface area (Å²) in [6.07, 6.45) is 0. The van der Waals surface area contributed by atoms with Crippen LogP contribution in [0.25, 0.3) is 0 Å². The van der Waals surface area contributed by atoms with Crippen LogP contribution in [0.2, 0.25) is 0 Å². The third kappa shape index (κ3) is 3.17. The Labute approximate surface area is 117 Å². The Kier molecular flexibility index (Phi) is 4.40. The standard InChI is InChI=1S/C15H18N2O3/c1-4-17-14(16-11(2)8-15(17)18)10-20-13-7-5-6-12(9-13)19-3/h5-9H,4,10H2,1-3H3. The first-order chi connectivity index (χ1) is 9.63. The van der Waals surface area contributed by atoms with Gasteiger partial charge in [0.2, 0.25) is 0 Å². The molecule has 0 aliphatic carbocycles. The van der Waals surface area contributed by atoms with Crippen molar-refractivity contribution < 1.29 is 9.47 Å². The monoisotopic (exact) mass is 274 g/mol. The lowest BCUT2D eigenvalue weighted by molar-refractivity contribution is 0.284. The van der Waals surface area contributed by atoms with Crippen LogP contribution in [0.4, 0.5) is 0 Å². The maximum atomic E-state index is 11.9. The van der Waals surface area contributed by atoms with Crippen molar-refractivity contribution >= 4 is 0 Å². The third-order valence-corrected chi connectivity index (χ3v) is 2.94. The van der Waals surface area contributed by atoms with Crippen LogP contribution in [0.1, 0.15) is 18.4 Å². The van der Waals surface area contributed by atoms with Gasteiger partial charge < -0.3 is 9.47 Å². The Morgan fingerprint density at radius 1 is 1.25 bits per heavy atom. The molecule has 1 aromatic carbocycles. The van der Waals surface area contributed by atoms with Gasteiger partial charge in [-0.2, -0.15) is 0 Å². The first kappa shape index (κ1) is 14.1. The predicted octanol–water partition coefficient (Wildman–Crippen LogP) is 2.16. The fourth-order valence-electron chi connectivity index (χ4n) is 1.97. The molecule has 0 amide bonds. The van der Waals surface area contributed by atoms with E-state index < -0.39 is 0 Å². The number of aryl methyl sites for hydroxylation is 1. The van der Waals surface area contributed by atoms with Gasteiger partial charge in [-0.05, 0) is 26.0 Å². The van der Waals surface area contributed by atoms with E-state index in [9.17, 15) is 4.79 Å². The number of methoxy groups -OCH3 is 1. The highest BCUT2D eigenvalue weighted by Crippen LogP contribution is 2.19. The van der Waals surface area contributed by atoms with Crippen molar-refractivity contribution in [3.8, 4) is 11.5 Å². The highest BCUT2D eigenvalue weighted by Gasteiger charge is 2.07. The van der Waals surface area contributed by atoms with E-state index in [0.717, 1.165) is 5.75 Å². The van der Waals surface area contributed by atoms with Crippen LogP contribution in [-0.4, -0.2) is 16.7 Å². The van der Waals surface area contributed by atoms with E-state index in [0.29, 0.717) is 23.8 Å². The molecule has 20 heavy (non-hydrogen) atoms. The minimum atomic E-state index is -0.0516. The summed E-state index contributed by atoms with van der Waals surface area (Å²) in [7, 11) is 1.61. The van der Waals surface area contributed by atoms with Gasteiger partial charge in [0, 0.05) is 24.4 Å². The normalized spacial score (nSPS) is 10.3. The van der Waals surface area contributed by atoms with E-state index in [-0.39, 0.29) is 12.2 Å². The number of benzene rings is 1. The van der Waals surface area contributed by atoms with Crippen molar-refractivity contribution in [3.63, 3.8) is 0 Å². The van der Waals surface area contributed by atoms with Gasteiger partial charge in [-0.25, -0.2) is 4.98 Å². The van der Waals surface area contributed by atoms with Gasteiger partial charge in [-0.3, -0.25) is 9.36 Å². The molecule has 0 atom stereocenters. The molecule has 0 bridgehead atoms. The van der Waals surface area contributed by atoms with Crippen LogP contribution in [-0.2, 0) is 13.2 Å². The van der Waals surface area contributed by atoms with E-state index >= 15 is 0 Å². The molecule has 5 nitrogen and oxygen atoms in total. The number of hydrogen-bond donors (Lipinski definition) is 0. The number of hydrogen-bond acceptors (Lipinski definition) is 4. The van der Waals surface area contributed by atoms with Crippen LogP contribution in [0, 0.1) is 6.92 Å². The van der Waals surface area contributed by atoms with E-state index in [1.54, 1.807) is 24.7 Å². The quantitative estimate of drug-likeness (QED) is 0.838. The van der Waals surface area contributed by atoms with E-state index in [4.69, 9.17) is 9.47 Å². The number of ether oxygens (including phenoxy) is 2. The average Bonchev–Trinajstić information content (AvgIpc) is 2.45. The zero-order chi connectivity index (χ0) is 14.5. The lowest BCUT2D eigenvalue weighted by Gasteiger charge is -2.12. The van der Waals surface area contributed by atoms with Crippen LogP contribution in [0.15, 0.2) is 35.1 Å². The van der Waals surface area contributed by atoms with Crippen molar-refractivity contribution in [2.45, 2.75) is 27.0 Å². The second-order valence-electron chi connectivity index (χ2n) is 4.36. The second kappa shape index (κ2) is 6.23. The highest BCUT2D eigenvalue weighted by atomic mass is 16.5. The summed E-state index contributed by atoms with van der Waals surface area (Å²) in [6, 6.07) is 8.86. The molecule has 0 saturated heterocycles. The van der Waals surface area contributed by atoms with Gasteiger partial charge in [0.15, 0.2) is 0 Å². The Morgan fingerprint density at radius 2 is 2.00 bits per heavy atom. The summed E-state index contributed by atoms with van der Waals surface area (Å²) in [5.41, 5.74) is 0.646. The molecule has 0 radical (unpaired) electrons. The smallest absolute Gasteiger partial charge is 0.253 e. The largest absolute Gasteiger partial charge is 0.497 e. The number of rotatable bonds is 5. The predicted molar refractivity (Wildman–Crippen MR) is 76.2 cm³/mol. The molecule has 0 fully saturated rings. The summed E-state index contributed by atoms with van der Waals surface area (Å²) in [4.78, 5) is 16.2. The summed E-state index contributed by atoms with van der Waals surface area (Å²) in [6.45, 7) is 4.53. The molecule has 0 aliphatic rings. The van der Waals surface area contributed by atoms with Crippen molar-refractivity contribution in [1.82, 2.24) is 9.55 Å². The number of aromatic nitrogens is 2. The molecule has 0 spiro atoms. The molecular formula is C15H18N2O3. The van der Waals surface area contributed by atoms with Gasteiger partial charge in [0.05, 0.1) is 7.11 Å². The van der Waals surface area contributed by atoms with E-state index in [1.807, 2.05) is 25.1 Å². The summed E-state index contributed by atoms with van der Waals surface area (Å²) >= 11 is 0. The first-order valence-corrected chi connectivity index (χ1v) is 6.48. The Morgan fingerprint density at radius 3 is 2.70 bits per heavy atom. The molecule has 2 aromatic rings. The maximum Gasteiger partial charge on any atom is 0.253 e. The molecule has 0 saturated carbocycles. The average molecular weight is 274 g/mol. The topological polar surface area (TPSA) is 53.4 Å². The molecule has 106 valence electrons. The van der Waals surface area contributed by atoms with Gasteiger partial charge in [-0.15, -0.1) is 0 Å². The SMILES string of the molecule is CCn1c(COc2cccc(OC)c2)nc(C)cc1=O. The molecule has 2 rings (SSSR count). The summed E-state index contributed by atoms with van der Waals surface area (Å²) in [5, 5.41) is 0. The summed E-state index contributed by atoms with van der Waals surface area (Å²) < 4.78 is 12.4. The van der Waals surface area contributed by atoms with Crippen molar-refractivity contribution in [1.29, 1.82) is 0 Å². The molecule has 0 N–H and O–H groups in total. The lowest BCUT2D eigenvalue weighted by Crippen LogP contribution is -2.25. The fourth-order valence-corrected chi connectivity index (χ4v) is 1.97. The van der Waals surface area contributed by atoms with E-state index in [2.05, 4.69) is 4.98 Å². The van der Waals surface area contributed by atoms with Crippen LogP contribution >= 0.6 is 0 Å². The maximum absolute atomic E-state index is 11.9. The number of nitrogens with zero attached hydrogens (tertiary/aromatic N) is 2. The van der Waals surface area contributed by atoms with Gasteiger partial charge in [0.1, 0.15) is 23.9 Å². The Bertz CT molecular complexity index is 650. The first-order valence-electron chi connectivity index (χ1n) is 6.48. The van der Waals surface area contributed by atoms with Crippen LogP contribution < -0.4 is 15.0 Å². The van der Waals surface area contributed by atoms with Crippen LogP contribution in [0.5, 0.6) is 11.5 Å². The molecule has 1 aromatic heterocycles. The minimum Gasteiger partial charge on any atom is -0.497 e. The fraction of sp³-hybridized carbons (Fsp3) is 0.333. The zero-order valence-corrected chi connectivity index (χ0v) is 11.9. The van der Waals surface area contributed by atoms with Gasteiger partial charge in [0.25, 0.3) is 5.56 Å². The minimum absolute atomic E-state index is 0.0516. The Balaban J connectivity index is 2.20. The van der Waals surface area contributed by atoms with E-state index in [1.165, 1.54) is 6.07 Å². The third-order valence-electron chi connectivity index (χ3n) is 2.94. The Hall–Kier alpha value is -2.30. The second-order valence-corrected chi connectivity index (χ2v) is 4.36.